The van der Waals surface area contributed by atoms with Gasteiger partial charge in [0.05, 0.1) is 22.0 Å². The molecule has 1 unspecified atom stereocenters. The topological polar surface area (TPSA) is 38.0 Å². The zero-order valence-corrected chi connectivity index (χ0v) is 13.4. The quantitative estimate of drug-likeness (QED) is 0.925. The fourth-order valence-electron chi connectivity index (χ4n) is 2.24. The summed E-state index contributed by atoms with van der Waals surface area (Å²) in [4.78, 5) is 0. The van der Waals surface area contributed by atoms with Gasteiger partial charge in [-0.15, -0.1) is 0 Å². The van der Waals surface area contributed by atoms with E-state index in [1.165, 1.54) is 6.07 Å². The highest BCUT2D eigenvalue weighted by atomic mass is 79.9. The van der Waals surface area contributed by atoms with Crippen LogP contribution >= 0.6 is 15.9 Å². The van der Waals surface area contributed by atoms with Crippen LogP contribution in [-0.2, 0) is 19.9 Å². The molecule has 0 saturated carbocycles. The molecule has 0 radical (unpaired) electrons. The molecule has 0 aliphatic rings. The van der Waals surface area contributed by atoms with Gasteiger partial charge in [-0.25, -0.2) is 4.39 Å². The summed E-state index contributed by atoms with van der Waals surface area (Å²) in [6.07, 6.45) is 0.250. The summed E-state index contributed by atoms with van der Waals surface area (Å²) in [7, 11) is 1.83. The van der Waals surface area contributed by atoms with Crippen LogP contribution in [0, 0.1) is 12.7 Å². The number of halogens is 2. The Morgan fingerprint density at radius 1 is 1.45 bits per heavy atom. The van der Waals surface area contributed by atoms with Gasteiger partial charge in [0.15, 0.2) is 0 Å². The van der Waals surface area contributed by atoms with Crippen LogP contribution < -0.4 is 0 Å². The lowest BCUT2D eigenvalue weighted by Gasteiger charge is -2.13. The number of hydrogen-bond acceptors (Lipinski definition) is 2. The number of aryl methyl sites for hydroxylation is 3. The van der Waals surface area contributed by atoms with E-state index in [-0.39, 0.29) is 5.82 Å². The molecule has 0 saturated heterocycles. The van der Waals surface area contributed by atoms with Gasteiger partial charge in [-0.2, -0.15) is 5.10 Å². The second-order valence-electron chi connectivity index (χ2n) is 4.93. The molecule has 0 spiro atoms. The Kier molecular flexibility index (Phi) is 4.60. The molecule has 0 bridgehead atoms. The third kappa shape index (κ3) is 2.94. The summed E-state index contributed by atoms with van der Waals surface area (Å²) in [6.45, 7) is 3.84. The van der Waals surface area contributed by atoms with Crippen LogP contribution in [0.4, 0.5) is 4.39 Å². The van der Waals surface area contributed by atoms with Crippen LogP contribution in [0.15, 0.2) is 22.7 Å². The average Bonchev–Trinajstić information content (AvgIpc) is 2.66. The number of nitrogens with zero attached hydrogens (tertiary/aromatic N) is 2. The fraction of sp³-hybridized carbons (Fsp3) is 0.400. The molecule has 108 valence electrons. The highest BCUT2D eigenvalue weighted by Gasteiger charge is 2.19. The van der Waals surface area contributed by atoms with E-state index in [4.69, 9.17) is 0 Å². The van der Waals surface area contributed by atoms with E-state index < -0.39 is 6.10 Å². The maximum atomic E-state index is 13.9. The van der Waals surface area contributed by atoms with E-state index >= 15 is 0 Å². The molecule has 1 N–H and O–H groups in total. The molecule has 0 amide bonds. The number of rotatable bonds is 4. The third-order valence-electron chi connectivity index (χ3n) is 3.40. The SMILES string of the molecule is CCc1nn(C)c(CC(O)c2ccc(C)cc2F)c1Br. The van der Waals surface area contributed by atoms with Crippen LogP contribution in [-0.4, -0.2) is 14.9 Å². The van der Waals surface area contributed by atoms with Crippen LogP contribution in [0.25, 0.3) is 0 Å². The first-order chi connectivity index (χ1) is 9.43. The molecule has 1 atom stereocenters. The minimum Gasteiger partial charge on any atom is -0.388 e. The Bertz CT molecular complexity index is 625. The molecule has 2 aromatic rings. The highest BCUT2D eigenvalue weighted by molar-refractivity contribution is 9.10. The molecular weight excluding hydrogens is 323 g/mol. The van der Waals surface area contributed by atoms with Gasteiger partial charge in [0.25, 0.3) is 0 Å². The minimum absolute atomic E-state index is 0.321. The summed E-state index contributed by atoms with van der Waals surface area (Å²) in [5.41, 5.74) is 2.98. The molecular formula is C15H18BrFN2O. The highest BCUT2D eigenvalue weighted by Crippen LogP contribution is 2.28. The normalized spacial score (nSPS) is 12.7. The molecule has 1 heterocycles. The van der Waals surface area contributed by atoms with Gasteiger partial charge in [0, 0.05) is 19.0 Å². The second kappa shape index (κ2) is 6.06. The average molecular weight is 341 g/mol. The number of aromatic nitrogens is 2. The van der Waals surface area contributed by atoms with Crippen molar-refractivity contribution in [2.24, 2.45) is 7.05 Å². The molecule has 3 nitrogen and oxygen atoms in total. The molecule has 2 rings (SSSR count). The van der Waals surface area contributed by atoms with Crippen LogP contribution in [0.3, 0.4) is 0 Å². The summed E-state index contributed by atoms with van der Waals surface area (Å²) in [5, 5.41) is 14.7. The Balaban J connectivity index is 2.27. The third-order valence-corrected chi connectivity index (χ3v) is 4.32. The predicted octanol–water partition coefficient (Wildman–Crippen LogP) is 3.47. The van der Waals surface area contributed by atoms with Crippen molar-refractivity contribution in [1.82, 2.24) is 9.78 Å². The van der Waals surface area contributed by atoms with Crippen molar-refractivity contribution in [3.8, 4) is 0 Å². The molecule has 0 aliphatic heterocycles. The van der Waals surface area contributed by atoms with E-state index in [9.17, 15) is 9.50 Å². The van der Waals surface area contributed by atoms with E-state index in [0.717, 1.165) is 27.8 Å². The number of benzene rings is 1. The Hall–Kier alpha value is -1.20. The van der Waals surface area contributed by atoms with Crippen LogP contribution in [0.1, 0.15) is 35.5 Å². The summed E-state index contributed by atoms with van der Waals surface area (Å²) >= 11 is 3.51. The van der Waals surface area contributed by atoms with Crippen LogP contribution in [0.5, 0.6) is 0 Å². The van der Waals surface area contributed by atoms with Gasteiger partial charge in [-0.3, -0.25) is 4.68 Å². The zero-order chi connectivity index (χ0) is 14.9. The first-order valence-corrected chi connectivity index (χ1v) is 7.37. The van der Waals surface area contributed by atoms with E-state index in [2.05, 4.69) is 21.0 Å². The lowest BCUT2D eigenvalue weighted by atomic mass is 10.0. The summed E-state index contributed by atoms with van der Waals surface area (Å²) in [6, 6.07) is 4.88. The zero-order valence-electron chi connectivity index (χ0n) is 11.8. The van der Waals surface area contributed by atoms with Gasteiger partial charge >= 0.3 is 0 Å². The van der Waals surface area contributed by atoms with Gasteiger partial charge < -0.3 is 5.11 Å². The van der Waals surface area contributed by atoms with Crippen molar-refractivity contribution >= 4 is 15.9 Å². The van der Waals surface area contributed by atoms with Crippen LogP contribution in [0.2, 0.25) is 0 Å². The Labute approximate surface area is 126 Å². The Morgan fingerprint density at radius 3 is 2.70 bits per heavy atom. The van der Waals surface area contributed by atoms with Crippen molar-refractivity contribution in [2.45, 2.75) is 32.8 Å². The maximum Gasteiger partial charge on any atom is 0.129 e. The molecule has 5 heteroatoms. The molecule has 1 aromatic heterocycles. The molecule has 20 heavy (non-hydrogen) atoms. The molecule has 1 aromatic carbocycles. The van der Waals surface area contributed by atoms with Crippen molar-refractivity contribution in [2.75, 3.05) is 0 Å². The predicted molar refractivity (Wildman–Crippen MR) is 80.1 cm³/mol. The van der Waals surface area contributed by atoms with Crippen molar-refractivity contribution < 1.29 is 9.50 Å². The number of aliphatic hydroxyl groups excluding tert-OH is 1. The van der Waals surface area contributed by atoms with E-state index in [1.54, 1.807) is 16.8 Å². The monoisotopic (exact) mass is 340 g/mol. The minimum atomic E-state index is -0.882. The van der Waals surface area contributed by atoms with Gasteiger partial charge in [-0.05, 0) is 40.9 Å². The Morgan fingerprint density at radius 2 is 2.15 bits per heavy atom. The van der Waals surface area contributed by atoms with Crippen molar-refractivity contribution in [3.05, 3.63) is 51.0 Å². The first-order valence-electron chi connectivity index (χ1n) is 6.58. The van der Waals surface area contributed by atoms with Crippen molar-refractivity contribution in [3.63, 3.8) is 0 Å². The molecule has 0 aliphatic carbocycles. The standard InChI is InChI=1S/C15H18BrFN2O/c1-4-12-15(16)13(19(3)18-12)8-14(20)10-6-5-9(2)7-11(10)17/h5-7,14,20H,4,8H2,1-3H3. The maximum absolute atomic E-state index is 13.9. The smallest absolute Gasteiger partial charge is 0.129 e. The summed E-state index contributed by atoms with van der Waals surface area (Å²) in [5.74, 6) is -0.369. The van der Waals surface area contributed by atoms with Gasteiger partial charge in [0.2, 0.25) is 0 Å². The fourth-order valence-corrected chi connectivity index (χ4v) is 3.02. The second-order valence-corrected chi connectivity index (χ2v) is 5.72. The van der Waals surface area contributed by atoms with Gasteiger partial charge in [0.1, 0.15) is 5.82 Å². The van der Waals surface area contributed by atoms with E-state index in [1.807, 2.05) is 20.9 Å². The summed E-state index contributed by atoms with van der Waals surface area (Å²) < 4.78 is 16.5. The van der Waals surface area contributed by atoms with E-state index in [0.29, 0.717) is 12.0 Å². The lowest BCUT2D eigenvalue weighted by molar-refractivity contribution is 0.171. The molecule has 0 fully saturated rings. The number of hydrogen-bond donors (Lipinski definition) is 1. The van der Waals surface area contributed by atoms with Crippen molar-refractivity contribution in [1.29, 1.82) is 0 Å². The lowest BCUT2D eigenvalue weighted by Crippen LogP contribution is -2.08. The first kappa shape index (κ1) is 15.2. The largest absolute Gasteiger partial charge is 0.388 e. The number of aliphatic hydroxyl groups is 1. The van der Waals surface area contributed by atoms with Gasteiger partial charge in [-0.1, -0.05) is 19.1 Å².